The highest BCUT2D eigenvalue weighted by atomic mass is 32.1. The van der Waals surface area contributed by atoms with Crippen LogP contribution in [0.4, 0.5) is 0 Å². The van der Waals surface area contributed by atoms with Gasteiger partial charge in [-0.15, -0.1) is 22.7 Å². The Hall–Kier alpha value is -17.7. The first kappa shape index (κ1) is 81.9. The molecule has 0 radical (unpaired) electrons. The topological polar surface area (TPSA) is 77.3 Å². The summed E-state index contributed by atoms with van der Waals surface area (Å²) in [5.74, 6) is 3.76. The highest BCUT2D eigenvalue weighted by molar-refractivity contribution is 7.26. The first-order valence-corrected chi connectivity index (χ1v) is 49.3. The van der Waals surface area contributed by atoms with Crippen LogP contribution in [0.5, 0.6) is 0 Å². The molecule has 652 valence electrons. The Morgan fingerprint density at radius 3 is 0.936 bits per heavy atom. The first-order valence-electron chi connectivity index (χ1n) is 47.7. The van der Waals surface area contributed by atoms with E-state index in [-0.39, 0.29) is 0 Å². The van der Waals surface area contributed by atoms with Crippen molar-refractivity contribution in [3.63, 3.8) is 0 Å². The van der Waals surface area contributed by atoms with Gasteiger partial charge in [0.25, 0.3) is 0 Å². The summed E-state index contributed by atoms with van der Waals surface area (Å²) in [5.41, 5.74) is 36.1. The predicted octanol–water partition coefficient (Wildman–Crippen LogP) is 34.3. The molecule has 28 rings (SSSR count). The summed E-state index contributed by atoms with van der Waals surface area (Å²) < 4.78 is 5.28. The molecule has 0 N–H and O–H groups in total. The fraction of sp³-hybridized carbons (Fsp3) is 0.0152. The average molecular weight is 1820 g/mol. The maximum atomic E-state index is 5.46. The van der Waals surface area contributed by atoms with Crippen molar-refractivity contribution in [2.45, 2.75) is 10.8 Å². The van der Waals surface area contributed by atoms with Gasteiger partial charge in [0.1, 0.15) is 0 Å². The molecular weight excluding hydrogens is 1730 g/mol. The number of rotatable bonds is 14. The summed E-state index contributed by atoms with van der Waals surface area (Å²) in [5, 5.41) is 7.69. The van der Waals surface area contributed by atoms with E-state index in [1.165, 1.54) is 157 Å². The van der Waals surface area contributed by atoms with Gasteiger partial charge in [-0.2, -0.15) is 0 Å². The second-order valence-corrected chi connectivity index (χ2v) is 38.5. The third-order valence-electron chi connectivity index (χ3n) is 28.9. The molecule has 0 unspecified atom stereocenters. The van der Waals surface area contributed by atoms with E-state index in [0.29, 0.717) is 34.9 Å². The second kappa shape index (κ2) is 33.7. The molecule has 0 saturated carbocycles. The first-order chi connectivity index (χ1) is 69.4. The minimum absolute atomic E-state index is 0.416. The molecule has 0 fully saturated rings. The Morgan fingerprint density at radius 1 is 0.150 bits per heavy atom. The van der Waals surface area contributed by atoms with Gasteiger partial charge in [-0.05, 0) is 180 Å². The average Bonchev–Trinajstić information content (AvgIpc) is 1.51. The van der Waals surface area contributed by atoms with Crippen molar-refractivity contribution < 1.29 is 0 Å². The van der Waals surface area contributed by atoms with E-state index in [9.17, 15) is 0 Å². The fourth-order valence-corrected chi connectivity index (χ4v) is 24.9. The summed E-state index contributed by atoms with van der Waals surface area (Å²) in [6.45, 7) is 0. The van der Waals surface area contributed by atoms with E-state index >= 15 is 0 Å². The van der Waals surface area contributed by atoms with Gasteiger partial charge in [0.2, 0.25) is 0 Å². The van der Waals surface area contributed by atoms with Crippen LogP contribution in [0.2, 0.25) is 0 Å². The largest absolute Gasteiger partial charge is 0.208 e. The van der Waals surface area contributed by atoms with Crippen molar-refractivity contribution in [2.24, 2.45) is 0 Å². The van der Waals surface area contributed by atoms with Crippen LogP contribution in [-0.4, -0.2) is 29.9 Å². The van der Waals surface area contributed by atoms with Crippen molar-refractivity contribution in [1.82, 2.24) is 29.9 Å². The van der Waals surface area contributed by atoms with Crippen LogP contribution in [0.15, 0.2) is 497 Å². The summed E-state index contributed by atoms with van der Waals surface area (Å²) >= 11 is 3.73. The van der Waals surface area contributed by atoms with Crippen LogP contribution in [0.3, 0.4) is 0 Å². The molecule has 3 aliphatic rings. The molecule has 0 saturated heterocycles. The smallest absolute Gasteiger partial charge is 0.164 e. The lowest BCUT2D eigenvalue weighted by atomic mass is 9.66. The lowest BCUT2D eigenvalue weighted by molar-refractivity contribution is 0.769. The minimum Gasteiger partial charge on any atom is -0.208 e. The fourth-order valence-electron chi connectivity index (χ4n) is 22.4. The van der Waals surface area contributed by atoms with Crippen LogP contribution in [-0.2, 0) is 10.8 Å². The molecule has 4 heterocycles. The zero-order chi connectivity index (χ0) is 92.4. The highest BCUT2D eigenvalue weighted by Crippen LogP contribution is 2.64. The van der Waals surface area contributed by atoms with Crippen LogP contribution >= 0.6 is 22.7 Å². The van der Waals surface area contributed by atoms with Gasteiger partial charge >= 0.3 is 0 Å². The maximum Gasteiger partial charge on any atom is 0.164 e. The summed E-state index contributed by atoms with van der Waals surface area (Å²) in [7, 11) is 0. The van der Waals surface area contributed by atoms with Crippen LogP contribution in [0, 0.1) is 0 Å². The van der Waals surface area contributed by atoms with Crippen LogP contribution < -0.4 is 0 Å². The van der Waals surface area contributed by atoms with Gasteiger partial charge in [0.15, 0.2) is 34.9 Å². The normalized spacial score (nSPS) is 12.7. The summed E-state index contributed by atoms with van der Waals surface area (Å²) in [6, 6.07) is 180. The lowest BCUT2D eigenvalue weighted by Crippen LogP contribution is -2.29. The number of nitrogens with zero attached hydrogens (tertiary/aromatic N) is 6. The van der Waals surface area contributed by atoms with Gasteiger partial charge in [0.05, 0.1) is 10.8 Å². The number of fused-ring (bicyclic) bond motifs is 20. The maximum absolute atomic E-state index is 5.46. The number of aromatic nitrogens is 6. The predicted molar refractivity (Wildman–Crippen MR) is 582 cm³/mol. The Bertz CT molecular complexity index is 9120. The molecule has 0 aliphatic heterocycles. The van der Waals surface area contributed by atoms with Crippen molar-refractivity contribution in [1.29, 1.82) is 0 Å². The minimum atomic E-state index is -0.639. The quantitative estimate of drug-likeness (QED) is 0.108. The third-order valence-corrected chi connectivity index (χ3v) is 31.3. The van der Waals surface area contributed by atoms with E-state index in [2.05, 4.69) is 491 Å². The number of thiophene rings is 2. The Kier molecular flexibility index (Phi) is 19.7. The molecule has 0 atom stereocenters. The van der Waals surface area contributed by atoms with Crippen molar-refractivity contribution >= 4 is 73.8 Å². The Morgan fingerprint density at radius 2 is 0.436 bits per heavy atom. The molecule has 1 spiro atoms. The van der Waals surface area contributed by atoms with Gasteiger partial charge in [-0.3, -0.25) is 0 Å². The van der Waals surface area contributed by atoms with E-state index in [0.717, 1.165) is 72.3 Å². The van der Waals surface area contributed by atoms with Gasteiger partial charge in [-0.25, -0.2) is 29.9 Å². The molecule has 3 aliphatic carbocycles. The van der Waals surface area contributed by atoms with Gasteiger partial charge in [0, 0.05) is 73.7 Å². The van der Waals surface area contributed by atoms with Crippen LogP contribution in [0.25, 0.3) is 220 Å². The summed E-state index contributed by atoms with van der Waals surface area (Å²) in [4.78, 5) is 32.0. The number of benzene rings is 21. The van der Waals surface area contributed by atoms with E-state index < -0.39 is 10.8 Å². The van der Waals surface area contributed by atoms with Crippen LogP contribution in [0.1, 0.15) is 44.5 Å². The lowest BCUT2D eigenvalue weighted by Gasteiger charge is -2.35. The number of hydrogen-bond donors (Lipinski definition) is 0. The van der Waals surface area contributed by atoms with E-state index in [4.69, 9.17) is 29.9 Å². The van der Waals surface area contributed by atoms with Crippen molar-refractivity contribution in [3.05, 3.63) is 542 Å². The van der Waals surface area contributed by atoms with Crippen molar-refractivity contribution in [2.75, 3.05) is 0 Å². The molecule has 6 nitrogen and oxygen atoms in total. The molecule has 25 aromatic rings. The monoisotopic (exact) mass is 1810 g/mol. The van der Waals surface area contributed by atoms with Gasteiger partial charge < -0.3 is 0 Å². The molecule has 0 amide bonds. The standard InChI is InChI=1S/C68H43N3S.C64H39N3S/c1-3-18-51(19-4-1)68(52-20-5-2-6-21-52)61-30-11-9-23-56(61)58-27-15-29-60(63(58)68)67-70-65(69-66(71-67)50-42-38-47(39-43-50)54-25-13-17-46-16-7-8-22-53(46)54)49-40-34-45(35-41-49)44-32-36-48(37-33-44)55-26-14-28-59-57-24-10-12-31-62(57)72-64(55)59;1-2-14-40(15-3-1)45-16-12-17-46(38-45)62-65-61(44-34-30-42(31-35-44)41-28-32-43(33-29-41)48-22-13-23-53-52-21-7-11-27-59(52)68-60(48)53)66-63(67-62)47-36-37-58-54(39-47)51-20-6-10-26-57(51)64(58)55-24-8-4-18-49(55)50-19-5-9-25-56(50)64/h1-43H;1-39H. The molecule has 0 bridgehead atoms. The van der Waals surface area contributed by atoms with Crippen molar-refractivity contribution in [3.8, 4) is 168 Å². The summed E-state index contributed by atoms with van der Waals surface area (Å²) in [6.07, 6.45) is 0. The molecular formula is C132H82N6S2. The highest BCUT2D eigenvalue weighted by Gasteiger charge is 2.52. The Labute approximate surface area is 818 Å². The zero-order valence-electron chi connectivity index (χ0n) is 75.8. The Balaban J connectivity index is 0.000000141. The van der Waals surface area contributed by atoms with E-state index in [1.54, 1.807) is 0 Å². The SMILES string of the molecule is c1ccc(-c2cccc(-c3nc(-c4ccc(-c5ccc(-c6cccc7c6sc6ccccc67)cc5)cc4)nc(-c4ccc5c(c4)-c4ccccc4C54c5ccccc5-c5ccccc54)n3)c2)cc1.c1ccc(C2(c3ccccc3)c3ccccc3-c3cccc(-c4nc(-c5ccc(-c6ccc(-c7cccc8c7sc7ccccc78)cc6)cc5)nc(-c5ccc(-c6cccc7ccccc67)cc5)n4)c32)cc1. The molecule has 8 heteroatoms. The van der Waals surface area contributed by atoms with Gasteiger partial charge in [-0.1, -0.05) is 473 Å². The molecule has 140 heavy (non-hydrogen) atoms. The number of hydrogen-bond acceptors (Lipinski definition) is 8. The zero-order valence-corrected chi connectivity index (χ0v) is 77.5. The third kappa shape index (κ3) is 13.5. The van der Waals surface area contributed by atoms with E-state index in [1.807, 2.05) is 28.7 Å². The molecule has 21 aromatic carbocycles. The second-order valence-electron chi connectivity index (χ2n) is 36.4. The molecule has 4 aromatic heterocycles.